The van der Waals surface area contributed by atoms with Gasteiger partial charge < -0.3 is 4.74 Å². The molecule has 156 valence electrons. The van der Waals surface area contributed by atoms with E-state index in [-0.39, 0.29) is 5.56 Å². The van der Waals surface area contributed by atoms with Crippen LogP contribution in [0.2, 0.25) is 0 Å². The Morgan fingerprint density at radius 3 is 2.65 bits per heavy atom. The van der Waals surface area contributed by atoms with Gasteiger partial charge in [0.05, 0.1) is 17.1 Å². The maximum Gasteiger partial charge on any atom is 0.282 e. The molecule has 6 heteroatoms. The number of aryl methyl sites for hydroxylation is 1. The second-order valence-electron chi connectivity index (χ2n) is 7.11. The SMILES string of the molecule is CCCc1nc2ccc(Br)cc2c(=O)n1N=Cc1ccccc1OCc1ccccc1. The molecule has 1 aromatic heterocycles. The van der Waals surface area contributed by atoms with E-state index in [9.17, 15) is 4.79 Å². The van der Waals surface area contributed by atoms with Crippen LogP contribution in [-0.2, 0) is 13.0 Å². The minimum Gasteiger partial charge on any atom is -0.488 e. The zero-order valence-electron chi connectivity index (χ0n) is 17.2. The van der Waals surface area contributed by atoms with Gasteiger partial charge in [0.2, 0.25) is 0 Å². The number of ether oxygens (including phenoxy) is 1. The van der Waals surface area contributed by atoms with Gasteiger partial charge in [0.15, 0.2) is 0 Å². The van der Waals surface area contributed by atoms with Crippen molar-refractivity contribution in [3.63, 3.8) is 0 Å². The Morgan fingerprint density at radius 2 is 1.84 bits per heavy atom. The number of para-hydroxylation sites is 1. The summed E-state index contributed by atoms with van der Waals surface area (Å²) in [6, 6.07) is 23.2. The van der Waals surface area contributed by atoms with Crippen LogP contribution in [0.15, 0.2) is 87.2 Å². The molecule has 0 atom stereocenters. The molecular formula is C25H22BrN3O2. The van der Waals surface area contributed by atoms with Gasteiger partial charge in [0, 0.05) is 16.5 Å². The maximum atomic E-state index is 13.2. The van der Waals surface area contributed by atoms with Gasteiger partial charge in [-0.05, 0) is 42.3 Å². The zero-order chi connectivity index (χ0) is 21.6. The Kier molecular flexibility index (Phi) is 6.57. The molecule has 0 aliphatic heterocycles. The van der Waals surface area contributed by atoms with Crippen LogP contribution in [0.1, 0.15) is 30.3 Å². The molecule has 0 saturated carbocycles. The molecule has 0 unspecified atom stereocenters. The molecule has 0 aliphatic rings. The summed E-state index contributed by atoms with van der Waals surface area (Å²) in [6.07, 6.45) is 3.18. The fourth-order valence-corrected chi connectivity index (χ4v) is 3.63. The highest BCUT2D eigenvalue weighted by molar-refractivity contribution is 9.10. The molecule has 31 heavy (non-hydrogen) atoms. The lowest BCUT2D eigenvalue weighted by Gasteiger charge is -2.10. The third kappa shape index (κ3) is 4.91. The molecular weight excluding hydrogens is 454 g/mol. The van der Waals surface area contributed by atoms with E-state index in [0.717, 1.165) is 22.0 Å². The first-order chi connectivity index (χ1) is 15.2. The second kappa shape index (κ2) is 9.71. The smallest absolute Gasteiger partial charge is 0.282 e. The van der Waals surface area contributed by atoms with Crippen molar-refractivity contribution in [2.75, 3.05) is 0 Å². The Bertz CT molecular complexity index is 1280. The van der Waals surface area contributed by atoms with Crippen LogP contribution in [0, 0.1) is 0 Å². The summed E-state index contributed by atoms with van der Waals surface area (Å²) in [6.45, 7) is 2.51. The molecule has 0 fully saturated rings. The van der Waals surface area contributed by atoms with E-state index in [1.54, 1.807) is 12.3 Å². The number of fused-ring (bicyclic) bond motifs is 1. The van der Waals surface area contributed by atoms with Crippen LogP contribution in [0.5, 0.6) is 5.75 Å². The van der Waals surface area contributed by atoms with Crippen molar-refractivity contribution >= 4 is 33.0 Å². The number of hydrogen-bond acceptors (Lipinski definition) is 4. The number of benzene rings is 3. The van der Waals surface area contributed by atoms with Crippen molar-refractivity contribution in [3.05, 3.63) is 105 Å². The molecule has 4 aromatic rings. The summed E-state index contributed by atoms with van der Waals surface area (Å²) in [4.78, 5) is 17.8. The monoisotopic (exact) mass is 475 g/mol. The van der Waals surface area contributed by atoms with Crippen molar-refractivity contribution in [2.45, 2.75) is 26.4 Å². The number of halogens is 1. The average molecular weight is 476 g/mol. The van der Waals surface area contributed by atoms with Crippen LogP contribution >= 0.6 is 15.9 Å². The first kappa shape index (κ1) is 21.0. The molecule has 0 spiro atoms. The number of aromatic nitrogens is 2. The van der Waals surface area contributed by atoms with Gasteiger partial charge in [-0.2, -0.15) is 9.78 Å². The summed E-state index contributed by atoms with van der Waals surface area (Å²) >= 11 is 3.43. The Morgan fingerprint density at radius 1 is 1.06 bits per heavy atom. The number of rotatable bonds is 7. The minimum absolute atomic E-state index is 0.186. The van der Waals surface area contributed by atoms with E-state index in [0.29, 0.717) is 35.5 Å². The molecule has 0 amide bonds. The highest BCUT2D eigenvalue weighted by atomic mass is 79.9. The van der Waals surface area contributed by atoms with Crippen LogP contribution < -0.4 is 10.3 Å². The quantitative estimate of drug-likeness (QED) is 0.328. The van der Waals surface area contributed by atoms with Gasteiger partial charge in [-0.25, -0.2) is 4.98 Å². The number of nitrogens with zero attached hydrogens (tertiary/aromatic N) is 3. The van der Waals surface area contributed by atoms with E-state index < -0.39 is 0 Å². The van der Waals surface area contributed by atoms with Crippen LogP contribution in [0.3, 0.4) is 0 Å². The van der Waals surface area contributed by atoms with E-state index in [2.05, 4.69) is 32.9 Å². The topological polar surface area (TPSA) is 56.5 Å². The Balaban J connectivity index is 1.69. The molecule has 0 N–H and O–H groups in total. The predicted octanol–water partition coefficient (Wildman–Crippen LogP) is 5.57. The Labute approximate surface area is 189 Å². The second-order valence-corrected chi connectivity index (χ2v) is 8.03. The van der Waals surface area contributed by atoms with Crippen molar-refractivity contribution in [1.82, 2.24) is 9.66 Å². The van der Waals surface area contributed by atoms with Crippen molar-refractivity contribution in [1.29, 1.82) is 0 Å². The summed E-state index contributed by atoms with van der Waals surface area (Å²) in [5.74, 6) is 1.35. The summed E-state index contributed by atoms with van der Waals surface area (Å²) < 4.78 is 8.23. The van der Waals surface area contributed by atoms with Crippen molar-refractivity contribution in [3.8, 4) is 5.75 Å². The molecule has 5 nitrogen and oxygen atoms in total. The van der Waals surface area contributed by atoms with Crippen LogP contribution in [0.4, 0.5) is 0 Å². The van der Waals surface area contributed by atoms with Gasteiger partial charge in [0.25, 0.3) is 5.56 Å². The Hall–Kier alpha value is -3.25. The third-order valence-electron chi connectivity index (χ3n) is 4.82. The lowest BCUT2D eigenvalue weighted by Crippen LogP contribution is -2.22. The molecule has 0 bridgehead atoms. The highest BCUT2D eigenvalue weighted by Gasteiger charge is 2.11. The van der Waals surface area contributed by atoms with Crippen LogP contribution in [-0.4, -0.2) is 15.9 Å². The normalized spacial score (nSPS) is 11.3. The van der Waals surface area contributed by atoms with Crippen molar-refractivity contribution < 1.29 is 4.74 Å². The lowest BCUT2D eigenvalue weighted by atomic mass is 10.2. The van der Waals surface area contributed by atoms with Crippen molar-refractivity contribution in [2.24, 2.45) is 5.10 Å². The first-order valence-corrected chi connectivity index (χ1v) is 11.0. The minimum atomic E-state index is -0.186. The molecule has 0 aliphatic carbocycles. The lowest BCUT2D eigenvalue weighted by molar-refractivity contribution is 0.306. The molecule has 3 aromatic carbocycles. The summed E-state index contributed by atoms with van der Waals surface area (Å²) in [7, 11) is 0. The van der Waals surface area contributed by atoms with E-state index in [4.69, 9.17) is 4.74 Å². The molecule has 0 saturated heterocycles. The molecule has 4 rings (SSSR count). The van der Waals surface area contributed by atoms with Gasteiger partial charge in [0.1, 0.15) is 18.2 Å². The number of hydrogen-bond donors (Lipinski definition) is 0. The average Bonchev–Trinajstić information content (AvgIpc) is 2.79. The molecule has 1 heterocycles. The third-order valence-corrected chi connectivity index (χ3v) is 5.31. The summed E-state index contributed by atoms with van der Waals surface area (Å²) in [5, 5.41) is 5.04. The fraction of sp³-hybridized carbons (Fsp3) is 0.160. The standard InChI is InChI=1S/C25H22BrN3O2/c1-2-8-24-28-22-14-13-20(26)15-21(22)25(30)29(24)27-16-19-11-6-7-12-23(19)31-17-18-9-4-3-5-10-18/h3-7,9-16H,2,8,17H2,1H3. The zero-order valence-corrected chi connectivity index (χ0v) is 18.7. The van der Waals surface area contributed by atoms with Gasteiger partial charge in [-0.1, -0.05) is 65.3 Å². The van der Waals surface area contributed by atoms with Crippen LogP contribution in [0.25, 0.3) is 10.9 Å². The van der Waals surface area contributed by atoms with Gasteiger partial charge >= 0.3 is 0 Å². The highest BCUT2D eigenvalue weighted by Crippen LogP contribution is 2.19. The largest absolute Gasteiger partial charge is 0.488 e. The van der Waals surface area contributed by atoms with E-state index in [1.165, 1.54) is 4.68 Å². The molecule has 0 radical (unpaired) electrons. The van der Waals surface area contributed by atoms with Gasteiger partial charge in [-0.3, -0.25) is 4.79 Å². The fourth-order valence-electron chi connectivity index (χ4n) is 3.27. The van der Waals surface area contributed by atoms with E-state index in [1.807, 2.05) is 66.7 Å². The first-order valence-electron chi connectivity index (χ1n) is 10.2. The maximum absolute atomic E-state index is 13.2. The predicted molar refractivity (Wildman–Crippen MR) is 128 cm³/mol. The van der Waals surface area contributed by atoms with E-state index >= 15 is 0 Å². The summed E-state index contributed by atoms with van der Waals surface area (Å²) in [5.41, 5.74) is 2.37. The van der Waals surface area contributed by atoms with Gasteiger partial charge in [-0.15, -0.1) is 0 Å².